The summed E-state index contributed by atoms with van der Waals surface area (Å²) in [7, 11) is 0. The zero-order chi connectivity index (χ0) is 13.5. The molecule has 0 amide bonds. The molecule has 0 aliphatic heterocycles. The number of hydrogen-bond acceptors (Lipinski definition) is 5. The molecule has 0 aromatic rings. The Bertz CT molecular complexity index is 442. The minimum absolute atomic E-state index is 0.428. The fourth-order valence-electron chi connectivity index (χ4n) is 1.73. The first-order valence-electron chi connectivity index (χ1n) is 6.08. The van der Waals surface area contributed by atoms with E-state index in [4.69, 9.17) is 8.37 Å². The monoisotopic (exact) mass is 278 g/mol. The molecule has 0 N–H and O–H groups in total. The molecular formula is C14H14O4S. The Morgan fingerprint density at radius 2 is 1.37 bits per heavy atom. The molecule has 0 radical (unpaired) electrons. The summed E-state index contributed by atoms with van der Waals surface area (Å²) >= 11 is 0.428. The summed E-state index contributed by atoms with van der Waals surface area (Å²) in [5, 5.41) is 0. The van der Waals surface area contributed by atoms with E-state index < -0.39 is 11.9 Å². The van der Waals surface area contributed by atoms with Crippen molar-refractivity contribution in [2.24, 2.45) is 0 Å². The van der Waals surface area contributed by atoms with Crippen molar-refractivity contribution in [1.29, 1.82) is 0 Å². The summed E-state index contributed by atoms with van der Waals surface area (Å²) in [4.78, 5) is 23.2. The number of allylic oxidation sites excluding steroid dienone is 6. The van der Waals surface area contributed by atoms with E-state index >= 15 is 0 Å². The molecule has 0 saturated carbocycles. The van der Waals surface area contributed by atoms with Crippen LogP contribution in [0.25, 0.3) is 0 Å². The van der Waals surface area contributed by atoms with Crippen LogP contribution < -0.4 is 0 Å². The molecule has 0 saturated heterocycles. The normalized spacial score (nSPS) is 17.5. The largest absolute Gasteiger partial charge is 0.351 e. The van der Waals surface area contributed by atoms with Gasteiger partial charge in [0.25, 0.3) is 12.3 Å². The molecule has 0 fully saturated rings. The Balaban J connectivity index is 1.74. The summed E-state index contributed by atoms with van der Waals surface area (Å²) in [6, 6.07) is 0. The molecule has 2 rings (SSSR count). The zero-order valence-corrected chi connectivity index (χ0v) is 11.2. The minimum Gasteiger partial charge on any atom is -0.351 e. The summed E-state index contributed by atoms with van der Waals surface area (Å²) in [5.41, 5.74) is 1.18. The van der Waals surface area contributed by atoms with Crippen molar-refractivity contribution in [3.05, 3.63) is 47.6 Å². The average Bonchev–Trinajstić information content (AvgIpc) is 2.49. The van der Waals surface area contributed by atoms with Crippen molar-refractivity contribution in [2.45, 2.75) is 25.7 Å². The quantitative estimate of drug-likeness (QED) is 0.739. The average molecular weight is 278 g/mol. The highest BCUT2D eigenvalue weighted by Crippen LogP contribution is 2.20. The fourth-order valence-corrected chi connectivity index (χ4v) is 2.10. The van der Waals surface area contributed by atoms with Crippen LogP contribution in [0.4, 0.5) is 0 Å². The van der Waals surface area contributed by atoms with Crippen LogP contribution in [0.1, 0.15) is 25.7 Å². The molecule has 0 bridgehead atoms. The van der Waals surface area contributed by atoms with Crippen LogP contribution >= 0.6 is 12.3 Å². The van der Waals surface area contributed by atoms with Gasteiger partial charge < -0.3 is 8.37 Å². The molecule has 0 heterocycles. The van der Waals surface area contributed by atoms with Crippen LogP contribution in [-0.4, -0.2) is 11.9 Å². The van der Waals surface area contributed by atoms with Gasteiger partial charge in [-0.1, -0.05) is 36.5 Å². The molecule has 0 aromatic carbocycles. The number of carbonyl (C=O) groups excluding carboxylic acids is 2. The van der Waals surface area contributed by atoms with Crippen molar-refractivity contribution in [2.75, 3.05) is 0 Å². The summed E-state index contributed by atoms with van der Waals surface area (Å²) < 4.78 is 9.66. The molecular weight excluding hydrogens is 264 g/mol. The number of rotatable bonds is 4. The Morgan fingerprint density at radius 3 is 1.74 bits per heavy atom. The van der Waals surface area contributed by atoms with Gasteiger partial charge in [0, 0.05) is 11.1 Å². The Kier molecular flexibility index (Phi) is 5.03. The van der Waals surface area contributed by atoms with E-state index in [2.05, 4.69) is 0 Å². The first-order chi connectivity index (χ1) is 9.27. The van der Waals surface area contributed by atoms with Crippen molar-refractivity contribution in [3.63, 3.8) is 0 Å². The van der Waals surface area contributed by atoms with E-state index in [0.717, 1.165) is 12.8 Å². The van der Waals surface area contributed by atoms with E-state index in [1.165, 1.54) is 0 Å². The number of hydrogen-bond donors (Lipinski definition) is 0. The van der Waals surface area contributed by atoms with Gasteiger partial charge in [0.1, 0.15) is 0 Å². The molecule has 0 atom stereocenters. The highest BCUT2D eigenvalue weighted by Gasteiger charge is 2.16. The van der Waals surface area contributed by atoms with Crippen LogP contribution in [0.15, 0.2) is 47.6 Å². The molecule has 100 valence electrons. The maximum atomic E-state index is 11.6. The van der Waals surface area contributed by atoms with Crippen molar-refractivity contribution >= 4 is 24.3 Å². The van der Waals surface area contributed by atoms with E-state index in [1.54, 1.807) is 12.2 Å². The molecule has 2 aliphatic carbocycles. The highest BCUT2D eigenvalue weighted by atomic mass is 32.2. The van der Waals surface area contributed by atoms with Gasteiger partial charge in [-0.05, 0) is 25.7 Å². The zero-order valence-electron chi connectivity index (χ0n) is 10.3. The predicted octanol–water partition coefficient (Wildman–Crippen LogP) is 3.19. The van der Waals surface area contributed by atoms with Crippen molar-refractivity contribution in [3.8, 4) is 0 Å². The van der Waals surface area contributed by atoms with Crippen molar-refractivity contribution < 1.29 is 18.0 Å². The standard InChI is InChI=1S/C14H14O4S/c15-13(11-7-3-1-4-8-11)17-19-18-14(16)12-9-5-2-6-10-12/h1-3,5,7,9H,4,6,8,10H2. The summed E-state index contributed by atoms with van der Waals surface area (Å²) in [5.74, 6) is -0.917. The maximum Gasteiger partial charge on any atom is 0.348 e. The van der Waals surface area contributed by atoms with Crippen LogP contribution in [0.3, 0.4) is 0 Å². The lowest BCUT2D eigenvalue weighted by molar-refractivity contribution is -0.131. The third-order valence-corrected chi connectivity index (χ3v) is 3.21. The first-order valence-corrected chi connectivity index (χ1v) is 6.75. The van der Waals surface area contributed by atoms with Gasteiger partial charge in [-0.3, -0.25) is 0 Å². The van der Waals surface area contributed by atoms with E-state index in [0.29, 0.717) is 36.3 Å². The van der Waals surface area contributed by atoms with Crippen LogP contribution in [0.2, 0.25) is 0 Å². The molecule has 19 heavy (non-hydrogen) atoms. The lowest BCUT2D eigenvalue weighted by Gasteiger charge is -2.08. The van der Waals surface area contributed by atoms with Gasteiger partial charge >= 0.3 is 11.9 Å². The Hall–Kier alpha value is -1.75. The maximum absolute atomic E-state index is 11.6. The lowest BCUT2D eigenvalue weighted by atomic mass is 10.1. The second kappa shape index (κ2) is 6.99. The third-order valence-electron chi connectivity index (χ3n) is 2.77. The van der Waals surface area contributed by atoms with Crippen LogP contribution in [-0.2, 0) is 18.0 Å². The molecule has 2 aliphatic rings. The second-order valence-electron chi connectivity index (χ2n) is 4.13. The SMILES string of the molecule is O=C(OSOC(=O)C1=CC=CCC1)C1=CC=CCC1. The third kappa shape index (κ3) is 4.13. The predicted molar refractivity (Wildman–Crippen MR) is 72.7 cm³/mol. The van der Waals surface area contributed by atoms with Gasteiger partial charge in [-0.2, -0.15) is 0 Å². The van der Waals surface area contributed by atoms with Crippen LogP contribution in [0, 0.1) is 0 Å². The molecule has 4 nitrogen and oxygen atoms in total. The summed E-state index contributed by atoms with van der Waals surface area (Å²) in [6.07, 6.45) is 14.0. The Morgan fingerprint density at radius 1 is 0.895 bits per heavy atom. The van der Waals surface area contributed by atoms with E-state index in [-0.39, 0.29) is 0 Å². The molecule has 0 unspecified atom stereocenters. The fraction of sp³-hybridized carbons (Fsp3) is 0.286. The minimum atomic E-state index is -0.459. The smallest absolute Gasteiger partial charge is 0.348 e. The van der Waals surface area contributed by atoms with Gasteiger partial charge in [0.2, 0.25) is 0 Å². The van der Waals surface area contributed by atoms with Gasteiger partial charge in [-0.15, -0.1) is 0 Å². The summed E-state index contributed by atoms with van der Waals surface area (Å²) in [6.45, 7) is 0. The number of carbonyl (C=O) groups is 2. The van der Waals surface area contributed by atoms with E-state index in [1.807, 2.05) is 24.3 Å². The topological polar surface area (TPSA) is 52.6 Å². The van der Waals surface area contributed by atoms with Gasteiger partial charge in [0.15, 0.2) is 0 Å². The van der Waals surface area contributed by atoms with Crippen LogP contribution in [0.5, 0.6) is 0 Å². The van der Waals surface area contributed by atoms with Crippen molar-refractivity contribution in [1.82, 2.24) is 0 Å². The second-order valence-corrected chi connectivity index (χ2v) is 4.60. The Labute approximate surface area is 116 Å². The molecule has 0 aromatic heterocycles. The molecule has 5 heteroatoms. The first kappa shape index (κ1) is 13.7. The van der Waals surface area contributed by atoms with Gasteiger partial charge in [0.05, 0.1) is 0 Å². The highest BCUT2D eigenvalue weighted by molar-refractivity contribution is 7.90. The van der Waals surface area contributed by atoms with E-state index in [9.17, 15) is 9.59 Å². The molecule has 0 spiro atoms. The van der Waals surface area contributed by atoms with Gasteiger partial charge in [-0.25, -0.2) is 9.59 Å². The lowest BCUT2D eigenvalue weighted by Crippen LogP contribution is -2.08.